The van der Waals surface area contributed by atoms with Gasteiger partial charge in [-0.3, -0.25) is 4.90 Å². The molecule has 1 unspecified atom stereocenters. The normalized spacial score (nSPS) is 19.5. The SMILES string of the molecule is CCO[Si](OCC)(OCC)C1CCN1Cc1ccccc1. The summed E-state index contributed by atoms with van der Waals surface area (Å²) >= 11 is 0. The molecule has 0 spiro atoms. The molecule has 0 aromatic heterocycles. The maximum atomic E-state index is 6.04. The van der Waals surface area contributed by atoms with Crippen molar-refractivity contribution in [2.75, 3.05) is 26.4 Å². The van der Waals surface area contributed by atoms with Crippen molar-refractivity contribution >= 4 is 8.80 Å². The predicted octanol–water partition coefficient (Wildman–Crippen LogP) is 2.85. The Morgan fingerprint density at radius 1 is 1.00 bits per heavy atom. The van der Waals surface area contributed by atoms with Crippen LogP contribution in [0.4, 0.5) is 0 Å². The van der Waals surface area contributed by atoms with Crippen molar-refractivity contribution in [1.82, 2.24) is 4.90 Å². The number of hydrogen-bond donors (Lipinski definition) is 0. The summed E-state index contributed by atoms with van der Waals surface area (Å²) in [6.45, 7) is 9.99. The second kappa shape index (κ2) is 8.05. The number of nitrogens with zero attached hydrogens (tertiary/aromatic N) is 1. The van der Waals surface area contributed by atoms with E-state index in [9.17, 15) is 0 Å². The highest BCUT2D eigenvalue weighted by Crippen LogP contribution is 2.31. The van der Waals surface area contributed by atoms with E-state index >= 15 is 0 Å². The van der Waals surface area contributed by atoms with Crippen LogP contribution >= 0.6 is 0 Å². The molecule has 1 aromatic rings. The van der Waals surface area contributed by atoms with Gasteiger partial charge < -0.3 is 13.3 Å². The Kier molecular flexibility index (Phi) is 6.38. The Morgan fingerprint density at radius 2 is 1.57 bits per heavy atom. The van der Waals surface area contributed by atoms with Gasteiger partial charge in [-0.2, -0.15) is 0 Å². The highest BCUT2D eigenvalue weighted by atomic mass is 28.4. The lowest BCUT2D eigenvalue weighted by atomic mass is 10.1. The second-order valence-electron chi connectivity index (χ2n) is 5.16. The standard InChI is InChI=1S/C16H27NO3Si/c1-4-18-21(19-5-2,20-6-3)16-12-13-17(16)14-15-10-8-7-9-11-15/h7-11,16H,4-6,12-14H2,1-3H3. The van der Waals surface area contributed by atoms with Crippen LogP contribution in [0.1, 0.15) is 32.8 Å². The summed E-state index contributed by atoms with van der Waals surface area (Å²) in [7, 11) is -2.60. The van der Waals surface area contributed by atoms with Gasteiger partial charge in [0.25, 0.3) is 0 Å². The summed E-state index contributed by atoms with van der Waals surface area (Å²) in [5, 5.41) is 0. The molecule has 0 bridgehead atoms. The van der Waals surface area contributed by atoms with Gasteiger partial charge in [-0.15, -0.1) is 0 Å². The van der Waals surface area contributed by atoms with Gasteiger partial charge in [0.15, 0.2) is 0 Å². The molecule has 0 N–H and O–H groups in total. The number of likely N-dealkylation sites (tertiary alicyclic amines) is 1. The van der Waals surface area contributed by atoms with Crippen molar-refractivity contribution in [2.24, 2.45) is 0 Å². The fourth-order valence-electron chi connectivity index (χ4n) is 2.87. The molecule has 118 valence electrons. The maximum absolute atomic E-state index is 6.04. The van der Waals surface area contributed by atoms with E-state index in [1.165, 1.54) is 5.56 Å². The van der Waals surface area contributed by atoms with Gasteiger partial charge in [0.1, 0.15) is 0 Å². The fourth-order valence-corrected chi connectivity index (χ4v) is 6.05. The quantitative estimate of drug-likeness (QED) is 0.656. The van der Waals surface area contributed by atoms with Gasteiger partial charge >= 0.3 is 8.80 Å². The lowest BCUT2D eigenvalue weighted by Gasteiger charge is -2.48. The summed E-state index contributed by atoms with van der Waals surface area (Å²) in [5.74, 6) is 0. The molecule has 1 atom stereocenters. The fraction of sp³-hybridized carbons (Fsp3) is 0.625. The van der Waals surface area contributed by atoms with Crippen LogP contribution in [0.25, 0.3) is 0 Å². The zero-order chi connectivity index (χ0) is 15.1. The minimum atomic E-state index is -2.60. The molecule has 0 amide bonds. The largest absolute Gasteiger partial charge is 0.519 e. The molecule has 1 aliphatic heterocycles. The molecular formula is C16H27NO3Si. The molecule has 0 radical (unpaired) electrons. The van der Waals surface area contributed by atoms with Crippen molar-refractivity contribution in [3.05, 3.63) is 35.9 Å². The zero-order valence-corrected chi connectivity index (χ0v) is 14.4. The van der Waals surface area contributed by atoms with Crippen molar-refractivity contribution in [1.29, 1.82) is 0 Å². The molecule has 1 saturated heterocycles. The van der Waals surface area contributed by atoms with E-state index in [-0.39, 0.29) is 5.67 Å². The average Bonchev–Trinajstić information content (AvgIpc) is 2.45. The molecule has 1 aromatic carbocycles. The third-order valence-electron chi connectivity index (χ3n) is 3.80. The first kappa shape index (κ1) is 16.6. The lowest BCUT2D eigenvalue weighted by Crippen LogP contribution is -2.68. The molecule has 4 nitrogen and oxygen atoms in total. The maximum Gasteiger partial charge on any atom is 0.519 e. The van der Waals surface area contributed by atoms with Gasteiger partial charge in [0, 0.05) is 32.9 Å². The van der Waals surface area contributed by atoms with Gasteiger partial charge in [-0.25, -0.2) is 0 Å². The topological polar surface area (TPSA) is 30.9 Å². The summed E-state index contributed by atoms with van der Waals surface area (Å²) in [6.07, 6.45) is 1.10. The van der Waals surface area contributed by atoms with E-state index in [4.69, 9.17) is 13.3 Å². The van der Waals surface area contributed by atoms with E-state index < -0.39 is 8.80 Å². The highest BCUT2D eigenvalue weighted by molar-refractivity contribution is 6.62. The lowest BCUT2D eigenvalue weighted by molar-refractivity contribution is 0.00143. The van der Waals surface area contributed by atoms with Crippen LogP contribution in [0.3, 0.4) is 0 Å². The minimum absolute atomic E-state index is 0.289. The van der Waals surface area contributed by atoms with Crippen LogP contribution in [-0.2, 0) is 19.8 Å². The van der Waals surface area contributed by atoms with Crippen molar-refractivity contribution in [3.8, 4) is 0 Å². The van der Waals surface area contributed by atoms with E-state index in [1.54, 1.807) is 0 Å². The Balaban J connectivity index is 2.08. The molecule has 1 heterocycles. The first-order chi connectivity index (χ1) is 10.3. The Labute approximate surface area is 129 Å². The number of rotatable bonds is 9. The minimum Gasteiger partial charge on any atom is -0.373 e. The smallest absolute Gasteiger partial charge is 0.373 e. The average molecular weight is 309 g/mol. The Hall–Kier alpha value is -0.723. The van der Waals surface area contributed by atoms with Crippen LogP contribution in [0.5, 0.6) is 0 Å². The molecule has 5 heteroatoms. The molecule has 2 rings (SSSR count). The first-order valence-electron chi connectivity index (χ1n) is 7.95. The van der Waals surface area contributed by atoms with Gasteiger partial charge in [-0.05, 0) is 32.8 Å². The van der Waals surface area contributed by atoms with Crippen molar-refractivity contribution in [3.63, 3.8) is 0 Å². The van der Waals surface area contributed by atoms with E-state index in [2.05, 4.69) is 35.2 Å². The Bertz CT molecular complexity index is 398. The van der Waals surface area contributed by atoms with E-state index in [1.807, 2.05) is 20.8 Å². The van der Waals surface area contributed by atoms with Crippen LogP contribution in [0.15, 0.2) is 30.3 Å². The second-order valence-corrected chi connectivity index (χ2v) is 7.90. The molecule has 21 heavy (non-hydrogen) atoms. The van der Waals surface area contributed by atoms with E-state index in [0.717, 1.165) is 19.5 Å². The van der Waals surface area contributed by atoms with Gasteiger partial charge in [0.05, 0.1) is 5.67 Å². The highest BCUT2D eigenvalue weighted by Gasteiger charge is 2.55. The van der Waals surface area contributed by atoms with Crippen LogP contribution in [0, 0.1) is 0 Å². The summed E-state index contributed by atoms with van der Waals surface area (Å²) in [5.41, 5.74) is 1.62. The van der Waals surface area contributed by atoms with Crippen LogP contribution in [0.2, 0.25) is 0 Å². The van der Waals surface area contributed by atoms with Crippen LogP contribution < -0.4 is 0 Å². The first-order valence-corrected chi connectivity index (χ1v) is 9.75. The third-order valence-corrected chi connectivity index (χ3v) is 7.35. The molecule has 1 aliphatic rings. The van der Waals surface area contributed by atoms with Crippen molar-refractivity contribution in [2.45, 2.75) is 39.4 Å². The Morgan fingerprint density at radius 3 is 2.00 bits per heavy atom. The summed E-state index contributed by atoms with van der Waals surface area (Å²) < 4.78 is 18.1. The predicted molar refractivity (Wildman–Crippen MR) is 85.9 cm³/mol. The summed E-state index contributed by atoms with van der Waals surface area (Å²) in [6, 6.07) is 10.6. The van der Waals surface area contributed by atoms with Gasteiger partial charge in [0.2, 0.25) is 0 Å². The van der Waals surface area contributed by atoms with Gasteiger partial charge in [-0.1, -0.05) is 30.3 Å². The number of benzene rings is 1. The zero-order valence-electron chi connectivity index (χ0n) is 13.4. The third kappa shape index (κ3) is 3.93. The molecular weight excluding hydrogens is 282 g/mol. The molecule has 1 fully saturated rings. The van der Waals surface area contributed by atoms with E-state index in [0.29, 0.717) is 19.8 Å². The van der Waals surface area contributed by atoms with Crippen molar-refractivity contribution < 1.29 is 13.3 Å². The number of hydrogen-bond acceptors (Lipinski definition) is 4. The molecule has 0 saturated carbocycles. The monoisotopic (exact) mass is 309 g/mol. The van der Waals surface area contributed by atoms with Crippen LogP contribution in [-0.4, -0.2) is 45.7 Å². The summed E-state index contributed by atoms with van der Waals surface area (Å²) in [4.78, 5) is 2.43. The molecule has 0 aliphatic carbocycles.